The molecule has 1 aromatic heterocycles. The molecule has 12 nitrogen and oxygen atoms in total. The number of alkyl halides is 3. The number of carboxylic acid groups (broad SMARTS) is 1. The van der Waals surface area contributed by atoms with Gasteiger partial charge in [-0.25, -0.2) is 4.79 Å². The van der Waals surface area contributed by atoms with E-state index in [1.54, 1.807) is 17.5 Å². The molecular weight excluding hydrogens is 655 g/mol. The standard InChI is InChI=1S/C32H32F3N5O7S/c33-32(34,35)22-6-2-1-4-19(22)15-23-30(45)40-25(31(46)47)14-18-7-9-20(10-8-18)37-26(41)11-12-27(42)38-24(16-21-5-3-13-48-21)29(44)36-17-28(43)39-23/h1-10,13,23-25H,11-12,14-17H2,(H,36,44)(H,37,41)(H,38,42)(H,39,43)(H,40,45)(H,46,47)/t23-,24-,25+/m1/s1. The number of carboxylic acids is 1. The summed E-state index contributed by atoms with van der Waals surface area (Å²) in [6.45, 7) is -0.725. The molecule has 6 N–H and O–H groups in total. The number of carbonyl (C=O) groups is 6. The SMILES string of the molecule is O=C1CCC(=O)N[C@H](Cc2cccs2)C(=O)NCC(=O)N[C@H](Cc2ccccc2C(F)(F)F)C(=O)N[C@H](C(=O)O)Cc2ccc(cc2)N1. The average Bonchev–Trinajstić information content (AvgIpc) is 3.55. The summed E-state index contributed by atoms with van der Waals surface area (Å²) in [5, 5.41) is 23.8. The molecule has 3 heterocycles. The van der Waals surface area contributed by atoms with Crippen molar-refractivity contribution in [3.63, 3.8) is 0 Å². The lowest BCUT2D eigenvalue weighted by atomic mass is 9.98. The van der Waals surface area contributed by atoms with Crippen LogP contribution in [-0.4, -0.2) is 65.3 Å². The van der Waals surface area contributed by atoms with Gasteiger partial charge in [0.2, 0.25) is 29.5 Å². The van der Waals surface area contributed by atoms with Crippen LogP contribution in [0, 0.1) is 0 Å². The number of nitrogens with one attached hydrogen (secondary N) is 5. The molecule has 0 saturated heterocycles. The van der Waals surface area contributed by atoms with Crippen molar-refractivity contribution in [1.29, 1.82) is 0 Å². The molecule has 0 spiro atoms. The number of amides is 5. The van der Waals surface area contributed by atoms with Crippen LogP contribution < -0.4 is 26.6 Å². The van der Waals surface area contributed by atoms with Gasteiger partial charge in [-0.05, 0) is 40.8 Å². The van der Waals surface area contributed by atoms with E-state index in [0.29, 0.717) is 11.3 Å². The first-order chi connectivity index (χ1) is 22.8. The monoisotopic (exact) mass is 687 g/mol. The fraction of sp³-hybridized carbons (Fsp3) is 0.312. The molecule has 16 heteroatoms. The zero-order valence-corrected chi connectivity index (χ0v) is 26.1. The summed E-state index contributed by atoms with van der Waals surface area (Å²) in [6, 6.07) is 9.58. The van der Waals surface area contributed by atoms with Crippen LogP contribution in [0.1, 0.15) is 34.4 Å². The summed E-state index contributed by atoms with van der Waals surface area (Å²) >= 11 is 1.32. The van der Waals surface area contributed by atoms with E-state index in [1.807, 2.05) is 0 Å². The fourth-order valence-electron chi connectivity index (χ4n) is 4.93. The van der Waals surface area contributed by atoms with Crippen molar-refractivity contribution in [1.82, 2.24) is 21.3 Å². The molecule has 2 aliphatic heterocycles. The van der Waals surface area contributed by atoms with E-state index in [4.69, 9.17) is 0 Å². The van der Waals surface area contributed by atoms with Gasteiger partial charge >= 0.3 is 12.1 Å². The highest BCUT2D eigenvalue weighted by Crippen LogP contribution is 2.32. The molecule has 0 aliphatic carbocycles. The van der Waals surface area contributed by atoms with Gasteiger partial charge in [0.25, 0.3) is 0 Å². The summed E-state index contributed by atoms with van der Waals surface area (Å²) < 4.78 is 41.3. The highest BCUT2D eigenvalue weighted by Gasteiger charge is 2.35. The lowest BCUT2D eigenvalue weighted by molar-refractivity contribution is -0.142. The van der Waals surface area contributed by atoms with Gasteiger partial charge in [-0.1, -0.05) is 36.4 Å². The maximum atomic E-state index is 13.8. The van der Waals surface area contributed by atoms with Gasteiger partial charge in [0, 0.05) is 42.7 Å². The Labute approximate surface area is 276 Å². The van der Waals surface area contributed by atoms with Crippen LogP contribution in [0.25, 0.3) is 0 Å². The average molecular weight is 688 g/mol. The number of carbonyl (C=O) groups excluding carboxylic acids is 5. The van der Waals surface area contributed by atoms with Crippen molar-refractivity contribution in [2.24, 2.45) is 0 Å². The van der Waals surface area contributed by atoms with Crippen molar-refractivity contribution < 1.29 is 47.0 Å². The number of thiophene rings is 1. The predicted molar refractivity (Wildman–Crippen MR) is 168 cm³/mol. The summed E-state index contributed by atoms with van der Waals surface area (Å²) in [6.07, 6.45) is -6.08. The van der Waals surface area contributed by atoms with Crippen molar-refractivity contribution in [3.8, 4) is 0 Å². The summed E-state index contributed by atoms with van der Waals surface area (Å²) in [4.78, 5) is 77.6. The van der Waals surface area contributed by atoms with Gasteiger partial charge in [-0.15, -0.1) is 11.3 Å². The Balaban J connectivity index is 1.63. The molecule has 5 amide bonds. The highest BCUT2D eigenvalue weighted by atomic mass is 32.1. The van der Waals surface area contributed by atoms with E-state index in [2.05, 4.69) is 26.6 Å². The van der Waals surface area contributed by atoms with Gasteiger partial charge in [0.1, 0.15) is 18.1 Å². The minimum absolute atomic E-state index is 0.0608. The molecule has 0 fully saturated rings. The molecule has 3 aromatic rings. The first kappa shape index (κ1) is 35.6. The van der Waals surface area contributed by atoms with Gasteiger partial charge in [-0.3, -0.25) is 24.0 Å². The van der Waals surface area contributed by atoms with Gasteiger partial charge < -0.3 is 31.7 Å². The molecule has 5 rings (SSSR count). The zero-order chi connectivity index (χ0) is 34.8. The van der Waals surface area contributed by atoms with E-state index < -0.39 is 78.3 Å². The molecule has 0 radical (unpaired) electrons. The Kier molecular flexibility index (Phi) is 11.9. The Morgan fingerprint density at radius 2 is 1.46 bits per heavy atom. The van der Waals surface area contributed by atoms with Crippen molar-refractivity contribution in [3.05, 3.63) is 87.6 Å². The lowest BCUT2D eigenvalue weighted by Gasteiger charge is -2.23. The fourth-order valence-corrected chi connectivity index (χ4v) is 5.68. The summed E-state index contributed by atoms with van der Waals surface area (Å²) in [5.41, 5.74) is -0.583. The summed E-state index contributed by atoms with van der Waals surface area (Å²) in [5.74, 6) is -5.34. The molecule has 3 atom stereocenters. The van der Waals surface area contributed by atoms with Crippen LogP contribution in [0.3, 0.4) is 0 Å². The lowest BCUT2D eigenvalue weighted by Crippen LogP contribution is -2.55. The topological polar surface area (TPSA) is 183 Å². The van der Waals surface area contributed by atoms with Crippen LogP contribution in [0.5, 0.6) is 0 Å². The second kappa shape index (κ2) is 16.0. The number of hydrogen-bond donors (Lipinski definition) is 6. The van der Waals surface area contributed by atoms with Crippen LogP contribution in [0.2, 0.25) is 0 Å². The van der Waals surface area contributed by atoms with E-state index in [0.717, 1.165) is 17.0 Å². The van der Waals surface area contributed by atoms with Crippen LogP contribution in [-0.2, 0) is 54.2 Å². The number of rotatable bonds is 5. The van der Waals surface area contributed by atoms with E-state index in [9.17, 15) is 47.0 Å². The zero-order valence-electron chi connectivity index (χ0n) is 25.3. The van der Waals surface area contributed by atoms with E-state index >= 15 is 0 Å². The number of fused-ring (bicyclic) bond motifs is 18. The van der Waals surface area contributed by atoms with Gasteiger partial charge in [0.15, 0.2) is 0 Å². The third kappa shape index (κ3) is 10.4. The second-order valence-corrected chi connectivity index (χ2v) is 12.0. The Hall–Kier alpha value is -5.25. The van der Waals surface area contributed by atoms with Crippen molar-refractivity contribution in [2.75, 3.05) is 11.9 Å². The minimum Gasteiger partial charge on any atom is -0.480 e. The first-order valence-corrected chi connectivity index (χ1v) is 15.6. The van der Waals surface area contributed by atoms with Crippen LogP contribution in [0.15, 0.2) is 66.0 Å². The Morgan fingerprint density at radius 3 is 2.12 bits per heavy atom. The number of aliphatic carboxylic acids is 1. The second-order valence-electron chi connectivity index (χ2n) is 10.9. The summed E-state index contributed by atoms with van der Waals surface area (Å²) in [7, 11) is 0. The third-order valence-corrected chi connectivity index (χ3v) is 8.23. The Morgan fingerprint density at radius 1 is 0.792 bits per heavy atom. The number of anilines is 1. The normalized spacial score (nSPS) is 20.4. The predicted octanol–water partition coefficient (Wildman–Crippen LogP) is 2.18. The minimum atomic E-state index is -4.78. The van der Waals surface area contributed by atoms with Gasteiger partial charge in [-0.2, -0.15) is 13.2 Å². The molecule has 0 saturated carbocycles. The maximum Gasteiger partial charge on any atom is 0.416 e. The largest absolute Gasteiger partial charge is 0.480 e. The van der Waals surface area contributed by atoms with Gasteiger partial charge in [0.05, 0.1) is 12.1 Å². The molecule has 2 aliphatic rings. The quantitative estimate of drug-likeness (QED) is 0.222. The third-order valence-electron chi connectivity index (χ3n) is 7.33. The number of hydrogen-bond acceptors (Lipinski definition) is 7. The van der Waals surface area contributed by atoms with Crippen molar-refractivity contribution in [2.45, 2.75) is 56.4 Å². The van der Waals surface area contributed by atoms with Crippen LogP contribution >= 0.6 is 11.3 Å². The molecule has 254 valence electrons. The molecule has 2 bridgehead atoms. The first-order valence-electron chi connectivity index (χ1n) is 14.7. The number of halogens is 3. The molecule has 2 aromatic carbocycles. The van der Waals surface area contributed by atoms with E-state index in [-0.39, 0.29) is 31.2 Å². The number of benzene rings is 2. The molecule has 48 heavy (non-hydrogen) atoms. The Bertz CT molecular complexity index is 1650. The molecule has 0 unspecified atom stereocenters. The van der Waals surface area contributed by atoms with Crippen molar-refractivity contribution >= 4 is 52.5 Å². The molecular formula is C32H32F3N5O7S. The van der Waals surface area contributed by atoms with Crippen LogP contribution in [0.4, 0.5) is 18.9 Å². The van der Waals surface area contributed by atoms with E-state index in [1.165, 1.54) is 47.7 Å². The maximum absolute atomic E-state index is 13.8. The highest BCUT2D eigenvalue weighted by molar-refractivity contribution is 7.09. The smallest absolute Gasteiger partial charge is 0.416 e.